The monoisotopic (exact) mass is 262 g/mol. The van der Waals surface area contributed by atoms with Crippen LogP contribution in [0.25, 0.3) is 0 Å². The minimum Gasteiger partial charge on any atom is -0.494 e. The van der Waals surface area contributed by atoms with Gasteiger partial charge >= 0.3 is 0 Å². The highest BCUT2D eigenvalue weighted by Gasteiger charge is 2.17. The topological polar surface area (TPSA) is 47.3 Å². The van der Waals surface area contributed by atoms with Crippen molar-refractivity contribution in [1.29, 1.82) is 0 Å². The Kier molecular flexibility index (Phi) is 5.67. The van der Waals surface area contributed by atoms with Gasteiger partial charge in [-0.05, 0) is 49.8 Å². The van der Waals surface area contributed by atoms with E-state index < -0.39 is 0 Å². The van der Waals surface area contributed by atoms with Crippen LogP contribution in [-0.2, 0) is 6.54 Å². The molecule has 19 heavy (non-hydrogen) atoms. The largest absolute Gasteiger partial charge is 0.494 e. The van der Waals surface area contributed by atoms with E-state index in [0.29, 0.717) is 12.1 Å². The van der Waals surface area contributed by atoms with Gasteiger partial charge in [-0.25, -0.2) is 0 Å². The lowest BCUT2D eigenvalue weighted by atomic mass is 9.92. The summed E-state index contributed by atoms with van der Waals surface area (Å²) in [6.07, 6.45) is 5.75. The Labute approximate surface area is 116 Å². The summed E-state index contributed by atoms with van der Waals surface area (Å²) in [5.74, 6) is 0.979. The maximum atomic E-state index is 5.93. The molecule has 0 unspecified atom stereocenters. The summed E-state index contributed by atoms with van der Waals surface area (Å²) < 4.78 is 5.66. The van der Waals surface area contributed by atoms with E-state index in [1.165, 1.54) is 18.4 Å². The van der Waals surface area contributed by atoms with Gasteiger partial charge in [0.05, 0.1) is 6.61 Å². The molecule has 106 valence electrons. The van der Waals surface area contributed by atoms with Crippen molar-refractivity contribution >= 4 is 0 Å². The van der Waals surface area contributed by atoms with Crippen molar-refractivity contribution in [1.82, 2.24) is 5.32 Å². The van der Waals surface area contributed by atoms with Gasteiger partial charge < -0.3 is 15.8 Å². The van der Waals surface area contributed by atoms with E-state index in [4.69, 9.17) is 10.5 Å². The predicted octanol–water partition coefficient (Wildman–Crippen LogP) is 2.83. The molecule has 0 aromatic heterocycles. The van der Waals surface area contributed by atoms with Crippen LogP contribution in [0.4, 0.5) is 0 Å². The van der Waals surface area contributed by atoms with Crippen LogP contribution in [0, 0.1) is 0 Å². The SMILES string of the molecule is CCCOc1cccc(CNC2CCC(N)CC2)c1. The first-order chi connectivity index (χ1) is 9.28. The van der Waals surface area contributed by atoms with Crippen molar-refractivity contribution in [3.8, 4) is 5.75 Å². The molecule has 1 aromatic rings. The number of hydrogen-bond donors (Lipinski definition) is 2. The normalized spacial score (nSPS) is 23.3. The number of benzene rings is 1. The number of hydrogen-bond acceptors (Lipinski definition) is 3. The zero-order valence-corrected chi connectivity index (χ0v) is 11.9. The highest BCUT2D eigenvalue weighted by molar-refractivity contribution is 5.28. The summed E-state index contributed by atoms with van der Waals surface area (Å²) in [6, 6.07) is 9.43. The van der Waals surface area contributed by atoms with E-state index in [1.807, 2.05) is 6.07 Å². The molecule has 0 atom stereocenters. The summed E-state index contributed by atoms with van der Waals surface area (Å²) in [4.78, 5) is 0. The number of rotatable bonds is 6. The van der Waals surface area contributed by atoms with Crippen LogP contribution in [-0.4, -0.2) is 18.7 Å². The van der Waals surface area contributed by atoms with E-state index in [0.717, 1.165) is 38.2 Å². The molecule has 1 saturated carbocycles. The minimum absolute atomic E-state index is 0.420. The Hall–Kier alpha value is -1.06. The molecule has 0 amide bonds. The standard InChI is InChI=1S/C16H26N2O/c1-2-10-19-16-5-3-4-13(11-16)12-18-15-8-6-14(17)7-9-15/h3-5,11,14-15,18H,2,6-10,12,17H2,1H3. The van der Waals surface area contributed by atoms with E-state index >= 15 is 0 Å². The molecule has 1 aliphatic carbocycles. The van der Waals surface area contributed by atoms with Gasteiger partial charge in [0.1, 0.15) is 5.75 Å². The average Bonchev–Trinajstić information content (AvgIpc) is 2.45. The molecule has 0 saturated heterocycles. The Morgan fingerprint density at radius 3 is 2.79 bits per heavy atom. The second-order valence-electron chi connectivity index (χ2n) is 5.49. The van der Waals surface area contributed by atoms with Gasteiger partial charge in [0.25, 0.3) is 0 Å². The summed E-state index contributed by atoms with van der Waals surface area (Å²) in [6.45, 7) is 3.83. The smallest absolute Gasteiger partial charge is 0.119 e. The molecule has 1 aliphatic rings. The van der Waals surface area contributed by atoms with Gasteiger partial charge in [-0.1, -0.05) is 19.1 Å². The maximum Gasteiger partial charge on any atom is 0.119 e. The highest BCUT2D eigenvalue weighted by Crippen LogP contribution is 2.18. The van der Waals surface area contributed by atoms with E-state index in [9.17, 15) is 0 Å². The number of nitrogens with two attached hydrogens (primary N) is 1. The van der Waals surface area contributed by atoms with Gasteiger partial charge in [-0.15, -0.1) is 0 Å². The quantitative estimate of drug-likeness (QED) is 0.828. The summed E-state index contributed by atoms with van der Waals surface area (Å²) in [5.41, 5.74) is 7.22. The first kappa shape index (κ1) is 14.4. The van der Waals surface area contributed by atoms with Crippen molar-refractivity contribution in [3.63, 3.8) is 0 Å². The summed E-state index contributed by atoms with van der Waals surface area (Å²) >= 11 is 0. The van der Waals surface area contributed by atoms with Crippen molar-refractivity contribution in [3.05, 3.63) is 29.8 Å². The summed E-state index contributed by atoms with van der Waals surface area (Å²) in [5, 5.41) is 3.63. The zero-order valence-electron chi connectivity index (χ0n) is 11.9. The lowest BCUT2D eigenvalue weighted by molar-refractivity contribution is 0.316. The van der Waals surface area contributed by atoms with Crippen LogP contribution >= 0.6 is 0 Å². The Morgan fingerprint density at radius 1 is 1.26 bits per heavy atom. The molecule has 3 N–H and O–H groups in total. The van der Waals surface area contributed by atoms with E-state index in [1.54, 1.807) is 0 Å². The fraction of sp³-hybridized carbons (Fsp3) is 0.625. The van der Waals surface area contributed by atoms with E-state index in [2.05, 4.69) is 30.4 Å². The molecule has 0 heterocycles. The third-order valence-electron chi connectivity index (χ3n) is 3.74. The molecule has 1 aromatic carbocycles. The zero-order chi connectivity index (χ0) is 13.5. The molecule has 3 heteroatoms. The lowest BCUT2D eigenvalue weighted by Crippen LogP contribution is -2.37. The molecular weight excluding hydrogens is 236 g/mol. The van der Waals surface area contributed by atoms with Crippen LogP contribution in [0.2, 0.25) is 0 Å². The third kappa shape index (κ3) is 4.84. The van der Waals surface area contributed by atoms with Gasteiger partial charge in [0.15, 0.2) is 0 Å². The van der Waals surface area contributed by atoms with Crippen molar-refractivity contribution < 1.29 is 4.74 Å². The highest BCUT2D eigenvalue weighted by atomic mass is 16.5. The fourth-order valence-electron chi connectivity index (χ4n) is 2.55. The Balaban J connectivity index is 1.78. The van der Waals surface area contributed by atoms with Crippen molar-refractivity contribution in [2.24, 2.45) is 5.73 Å². The number of ether oxygens (including phenoxy) is 1. The van der Waals surface area contributed by atoms with Crippen LogP contribution in [0.5, 0.6) is 5.75 Å². The van der Waals surface area contributed by atoms with Crippen LogP contribution < -0.4 is 15.8 Å². The van der Waals surface area contributed by atoms with Crippen molar-refractivity contribution in [2.75, 3.05) is 6.61 Å². The second-order valence-corrected chi connectivity index (χ2v) is 5.49. The van der Waals surface area contributed by atoms with E-state index in [-0.39, 0.29) is 0 Å². The molecule has 0 bridgehead atoms. The second kappa shape index (κ2) is 7.51. The molecule has 3 nitrogen and oxygen atoms in total. The molecule has 2 rings (SSSR count). The molecule has 0 aliphatic heterocycles. The first-order valence-electron chi connectivity index (χ1n) is 7.48. The average molecular weight is 262 g/mol. The Morgan fingerprint density at radius 2 is 2.05 bits per heavy atom. The summed E-state index contributed by atoms with van der Waals surface area (Å²) in [7, 11) is 0. The molecule has 1 fully saturated rings. The fourth-order valence-corrected chi connectivity index (χ4v) is 2.55. The maximum absolute atomic E-state index is 5.93. The minimum atomic E-state index is 0.420. The first-order valence-corrected chi connectivity index (χ1v) is 7.48. The Bertz CT molecular complexity index is 373. The van der Waals surface area contributed by atoms with Gasteiger partial charge in [-0.2, -0.15) is 0 Å². The number of nitrogens with one attached hydrogen (secondary N) is 1. The molecule has 0 radical (unpaired) electrons. The van der Waals surface area contributed by atoms with Crippen LogP contribution in [0.1, 0.15) is 44.6 Å². The van der Waals surface area contributed by atoms with Crippen molar-refractivity contribution in [2.45, 2.75) is 57.7 Å². The van der Waals surface area contributed by atoms with Crippen LogP contribution in [0.15, 0.2) is 24.3 Å². The van der Waals surface area contributed by atoms with Gasteiger partial charge in [0.2, 0.25) is 0 Å². The predicted molar refractivity (Wildman–Crippen MR) is 79.3 cm³/mol. The molecule has 0 spiro atoms. The third-order valence-corrected chi connectivity index (χ3v) is 3.74. The van der Waals surface area contributed by atoms with Crippen LogP contribution in [0.3, 0.4) is 0 Å². The van der Waals surface area contributed by atoms with Gasteiger partial charge in [-0.3, -0.25) is 0 Å². The lowest BCUT2D eigenvalue weighted by Gasteiger charge is -2.27. The molecular formula is C16H26N2O. The van der Waals surface area contributed by atoms with Gasteiger partial charge in [0, 0.05) is 18.6 Å².